The van der Waals surface area contributed by atoms with Gasteiger partial charge in [0.1, 0.15) is 0 Å². The van der Waals surface area contributed by atoms with E-state index in [1.807, 2.05) is 70.2 Å². The summed E-state index contributed by atoms with van der Waals surface area (Å²) in [5.41, 5.74) is 4.04. The third-order valence-electron chi connectivity index (χ3n) is 5.47. The Labute approximate surface area is 168 Å². The summed E-state index contributed by atoms with van der Waals surface area (Å²) >= 11 is 0. The SMILES string of the molecule is O=C(Cc1ccccc1)N1CC[C@@H](c2nc3ccc(-c4ccncc4)cn3n2)C1. The molecular weight excluding hydrogens is 362 g/mol. The van der Waals surface area contributed by atoms with Crippen LogP contribution >= 0.6 is 0 Å². The number of rotatable bonds is 4. The molecule has 0 bridgehead atoms. The van der Waals surface area contributed by atoms with E-state index in [2.05, 4.69) is 4.98 Å². The first-order valence-corrected chi connectivity index (χ1v) is 9.85. The number of likely N-dealkylation sites (tertiary alicyclic amines) is 1. The lowest BCUT2D eigenvalue weighted by Gasteiger charge is -2.15. The molecule has 4 heterocycles. The van der Waals surface area contributed by atoms with E-state index in [0.29, 0.717) is 13.0 Å². The highest BCUT2D eigenvalue weighted by molar-refractivity contribution is 5.79. The van der Waals surface area contributed by atoms with Crippen molar-refractivity contribution in [3.05, 3.63) is 84.6 Å². The van der Waals surface area contributed by atoms with Gasteiger partial charge in [0.15, 0.2) is 11.5 Å². The molecule has 1 amide bonds. The van der Waals surface area contributed by atoms with Gasteiger partial charge in [0, 0.05) is 43.2 Å². The van der Waals surface area contributed by atoms with Gasteiger partial charge in [0.2, 0.25) is 5.91 Å². The van der Waals surface area contributed by atoms with Crippen molar-refractivity contribution in [2.45, 2.75) is 18.8 Å². The summed E-state index contributed by atoms with van der Waals surface area (Å²) in [5.74, 6) is 1.16. The summed E-state index contributed by atoms with van der Waals surface area (Å²) in [7, 11) is 0. The number of pyridine rings is 2. The van der Waals surface area contributed by atoms with Crippen molar-refractivity contribution in [3.8, 4) is 11.1 Å². The standard InChI is InChI=1S/C23H21N5O/c29-22(14-17-4-2-1-3-5-17)27-13-10-20(15-27)23-25-21-7-6-19(16-28(21)26-23)18-8-11-24-12-9-18/h1-9,11-12,16,20H,10,13-15H2/t20-/m1/s1. The highest BCUT2D eigenvalue weighted by atomic mass is 16.2. The lowest BCUT2D eigenvalue weighted by atomic mass is 10.1. The molecule has 1 aliphatic heterocycles. The molecule has 0 radical (unpaired) electrons. The first kappa shape index (κ1) is 17.6. The van der Waals surface area contributed by atoms with Gasteiger partial charge in [-0.3, -0.25) is 9.78 Å². The lowest BCUT2D eigenvalue weighted by Crippen LogP contribution is -2.29. The summed E-state index contributed by atoms with van der Waals surface area (Å²) in [5, 5.41) is 4.71. The van der Waals surface area contributed by atoms with Crippen LogP contribution in [0.25, 0.3) is 16.8 Å². The van der Waals surface area contributed by atoms with Crippen LogP contribution in [0.2, 0.25) is 0 Å². The number of aromatic nitrogens is 4. The van der Waals surface area contributed by atoms with Crippen molar-refractivity contribution in [2.24, 2.45) is 0 Å². The van der Waals surface area contributed by atoms with Gasteiger partial charge < -0.3 is 4.90 Å². The van der Waals surface area contributed by atoms with Crippen LogP contribution in [0, 0.1) is 0 Å². The molecule has 5 rings (SSSR count). The van der Waals surface area contributed by atoms with Crippen molar-refractivity contribution in [2.75, 3.05) is 13.1 Å². The number of hydrogen-bond acceptors (Lipinski definition) is 4. The Balaban J connectivity index is 1.32. The zero-order valence-electron chi connectivity index (χ0n) is 16.0. The second-order valence-corrected chi connectivity index (χ2v) is 7.41. The van der Waals surface area contributed by atoms with Crippen LogP contribution in [0.3, 0.4) is 0 Å². The average molecular weight is 383 g/mol. The Morgan fingerprint density at radius 2 is 1.83 bits per heavy atom. The molecule has 0 spiro atoms. The zero-order valence-corrected chi connectivity index (χ0v) is 16.0. The molecular formula is C23H21N5O. The van der Waals surface area contributed by atoms with Gasteiger partial charge in [-0.25, -0.2) is 9.50 Å². The van der Waals surface area contributed by atoms with E-state index >= 15 is 0 Å². The number of amides is 1. The summed E-state index contributed by atoms with van der Waals surface area (Å²) < 4.78 is 1.83. The van der Waals surface area contributed by atoms with E-state index in [0.717, 1.165) is 41.1 Å². The summed E-state index contributed by atoms with van der Waals surface area (Å²) in [6, 6.07) is 17.9. The molecule has 0 unspecified atom stereocenters. The van der Waals surface area contributed by atoms with E-state index in [9.17, 15) is 4.79 Å². The molecule has 6 nitrogen and oxygen atoms in total. The maximum absolute atomic E-state index is 12.6. The van der Waals surface area contributed by atoms with Gasteiger partial charge in [-0.2, -0.15) is 5.10 Å². The van der Waals surface area contributed by atoms with Crippen LogP contribution in [0.1, 0.15) is 23.7 Å². The molecule has 3 aromatic heterocycles. The minimum absolute atomic E-state index is 0.169. The Morgan fingerprint density at radius 1 is 1.00 bits per heavy atom. The maximum Gasteiger partial charge on any atom is 0.227 e. The molecule has 6 heteroatoms. The highest BCUT2D eigenvalue weighted by Crippen LogP contribution is 2.26. The monoisotopic (exact) mass is 383 g/mol. The van der Waals surface area contributed by atoms with Gasteiger partial charge in [-0.15, -0.1) is 0 Å². The first-order valence-electron chi connectivity index (χ1n) is 9.85. The zero-order chi connectivity index (χ0) is 19.6. The Hall–Kier alpha value is -3.54. The Bertz CT molecular complexity index is 1140. The van der Waals surface area contributed by atoms with Crippen molar-refractivity contribution >= 4 is 11.6 Å². The van der Waals surface area contributed by atoms with Crippen LogP contribution in [0.4, 0.5) is 0 Å². The number of benzene rings is 1. The predicted molar refractivity (Wildman–Crippen MR) is 110 cm³/mol. The first-order chi connectivity index (χ1) is 14.3. The number of carbonyl (C=O) groups excluding carboxylic acids is 1. The molecule has 1 fully saturated rings. The minimum Gasteiger partial charge on any atom is -0.342 e. The minimum atomic E-state index is 0.169. The third-order valence-corrected chi connectivity index (χ3v) is 5.47. The van der Waals surface area contributed by atoms with Crippen LogP contribution in [-0.2, 0) is 11.2 Å². The van der Waals surface area contributed by atoms with Crippen molar-refractivity contribution < 1.29 is 4.79 Å². The fourth-order valence-electron chi connectivity index (χ4n) is 3.87. The summed E-state index contributed by atoms with van der Waals surface area (Å²) in [6.45, 7) is 1.44. The molecule has 4 aromatic rings. The fraction of sp³-hybridized carbons (Fsp3) is 0.217. The Kier molecular flexibility index (Phi) is 4.52. The second kappa shape index (κ2) is 7.47. The molecule has 1 aromatic carbocycles. The van der Waals surface area contributed by atoms with Crippen molar-refractivity contribution in [1.82, 2.24) is 24.5 Å². The Morgan fingerprint density at radius 3 is 2.66 bits per heavy atom. The number of nitrogens with zero attached hydrogens (tertiary/aromatic N) is 5. The van der Waals surface area contributed by atoms with Gasteiger partial charge >= 0.3 is 0 Å². The topological polar surface area (TPSA) is 63.4 Å². The molecule has 1 saturated heterocycles. The molecule has 144 valence electrons. The van der Waals surface area contributed by atoms with E-state index in [1.165, 1.54) is 0 Å². The van der Waals surface area contributed by atoms with E-state index in [1.54, 1.807) is 12.4 Å². The van der Waals surface area contributed by atoms with Gasteiger partial charge in [0.05, 0.1) is 6.42 Å². The van der Waals surface area contributed by atoms with Crippen LogP contribution in [0.15, 0.2) is 73.2 Å². The molecule has 0 aliphatic carbocycles. The smallest absolute Gasteiger partial charge is 0.227 e. The molecule has 0 saturated carbocycles. The third kappa shape index (κ3) is 3.61. The van der Waals surface area contributed by atoms with Gasteiger partial charge in [0.25, 0.3) is 0 Å². The molecule has 1 aliphatic rings. The molecule has 1 atom stereocenters. The van der Waals surface area contributed by atoms with Crippen LogP contribution in [0.5, 0.6) is 0 Å². The largest absolute Gasteiger partial charge is 0.342 e. The van der Waals surface area contributed by atoms with Gasteiger partial charge in [-0.05, 0) is 41.8 Å². The quantitative estimate of drug-likeness (QED) is 0.542. The highest BCUT2D eigenvalue weighted by Gasteiger charge is 2.30. The predicted octanol–water partition coefficient (Wildman–Crippen LogP) is 3.35. The van der Waals surface area contributed by atoms with E-state index in [-0.39, 0.29) is 11.8 Å². The van der Waals surface area contributed by atoms with E-state index < -0.39 is 0 Å². The lowest BCUT2D eigenvalue weighted by molar-refractivity contribution is -0.129. The van der Waals surface area contributed by atoms with Crippen LogP contribution < -0.4 is 0 Å². The molecule has 29 heavy (non-hydrogen) atoms. The number of fused-ring (bicyclic) bond motifs is 1. The van der Waals surface area contributed by atoms with E-state index in [4.69, 9.17) is 10.1 Å². The fourth-order valence-corrected chi connectivity index (χ4v) is 3.87. The van der Waals surface area contributed by atoms with Crippen molar-refractivity contribution in [1.29, 1.82) is 0 Å². The number of carbonyl (C=O) groups is 1. The normalized spacial score (nSPS) is 16.4. The van der Waals surface area contributed by atoms with Crippen LogP contribution in [-0.4, -0.2) is 43.5 Å². The van der Waals surface area contributed by atoms with Crippen molar-refractivity contribution in [3.63, 3.8) is 0 Å². The summed E-state index contributed by atoms with van der Waals surface area (Å²) in [6.07, 6.45) is 6.91. The maximum atomic E-state index is 12.6. The second-order valence-electron chi connectivity index (χ2n) is 7.41. The summed E-state index contributed by atoms with van der Waals surface area (Å²) in [4.78, 5) is 23.4. The average Bonchev–Trinajstić information content (AvgIpc) is 3.42. The molecule has 0 N–H and O–H groups in total. The number of hydrogen-bond donors (Lipinski definition) is 0. The van der Waals surface area contributed by atoms with Gasteiger partial charge in [-0.1, -0.05) is 30.3 Å².